The average Bonchev–Trinajstić information content (AvgIpc) is 2.78. The summed E-state index contributed by atoms with van der Waals surface area (Å²) < 4.78 is 33.0. The average molecular weight is 313 g/mol. The van der Waals surface area contributed by atoms with Crippen molar-refractivity contribution in [1.82, 2.24) is 5.32 Å². The first-order valence-electron chi connectivity index (χ1n) is 6.69. The van der Waals surface area contributed by atoms with Crippen molar-refractivity contribution in [1.29, 1.82) is 0 Å². The first-order chi connectivity index (χ1) is 9.98. The Bertz CT molecular complexity index is 599. The number of amides is 1. The van der Waals surface area contributed by atoms with Crippen molar-refractivity contribution in [2.75, 3.05) is 25.2 Å². The van der Waals surface area contributed by atoms with Crippen LogP contribution in [0.2, 0.25) is 0 Å². The molecule has 116 valence electrons. The molecule has 6 nitrogen and oxygen atoms in total. The van der Waals surface area contributed by atoms with Crippen LogP contribution in [-0.4, -0.2) is 45.6 Å². The Labute approximate surface area is 124 Å². The van der Waals surface area contributed by atoms with E-state index >= 15 is 0 Å². The minimum atomic E-state index is -2.98. The minimum Gasteiger partial charge on any atom is -0.497 e. The molecule has 1 aliphatic rings. The van der Waals surface area contributed by atoms with Gasteiger partial charge in [0.2, 0.25) is 5.91 Å². The molecule has 1 fully saturated rings. The summed E-state index contributed by atoms with van der Waals surface area (Å²) in [4.78, 5) is 11.7. The number of hydrogen-bond donors (Lipinski definition) is 1. The van der Waals surface area contributed by atoms with Crippen molar-refractivity contribution in [3.05, 3.63) is 29.8 Å². The number of rotatable bonds is 6. The number of ether oxygens (including phenoxy) is 2. The number of carbonyl (C=O) groups is 1. The fraction of sp³-hybridized carbons (Fsp3) is 0.500. The van der Waals surface area contributed by atoms with Gasteiger partial charge in [-0.05, 0) is 24.1 Å². The van der Waals surface area contributed by atoms with Crippen molar-refractivity contribution >= 4 is 15.7 Å². The summed E-state index contributed by atoms with van der Waals surface area (Å²) in [6.45, 7) is 0.210. The number of benzene rings is 1. The maximum absolute atomic E-state index is 11.7. The van der Waals surface area contributed by atoms with Gasteiger partial charge in [-0.15, -0.1) is 0 Å². The zero-order chi connectivity index (χ0) is 15.3. The molecule has 1 atom stereocenters. The summed E-state index contributed by atoms with van der Waals surface area (Å²) in [5.74, 6) is 0.605. The summed E-state index contributed by atoms with van der Waals surface area (Å²) in [5, 5.41) is 2.68. The van der Waals surface area contributed by atoms with Gasteiger partial charge in [-0.25, -0.2) is 8.42 Å². The Hall–Kier alpha value is -1.60. The predicted molar refractivity (Wildman–Crippen MR) is 77.9 cm³/mol. The molecule has 7 heteroatoms. The molecule has 1 aromatic rings. The molecule has 21 heavy (non-hydrogen) atoms. The molecule has 1 aromatic carbocycles. The van der Waals surface area contributed by atoms with E-state index in [0.29, 0.717) is 13.0 Å². The van der Waals surface area contributed by atoms with Crippen LogP contribution < -0.4 is 10.1 Å². The monoisotopic (exact) mass is 313 g/mol. The normalized spacial score (nSPS) is 20.1. The minimum absolute atomic E-state index is 0.0224. The molecule has 0 saturated carbocycles. The molecule has 1 N–H and O–H groups in total. The highest BCUT2D eigenvalue weighted by molar-refractivity contribution is 7.91. The fourth-order valence-electron chi connectivity index (χ4n) is 2.20. The van der Waals surface area contributed by atoms with Gasteiger partial charge in [-0.2, -0.15) is 0 Å². The van der Waals surface area contributed by atoms with Crippen molar-refractivity contribution < 1.29 is 22.7 Å². The molecular formula is C14H19NO5S. The zero-order valence-electron chi connectivity index (χ0n) is 11.9. The van der Waals surface area contributed by atoms with Crippen LogP contribution in [0.1, 0.15) is 12.0 Å². The number of carbonyl (C=O) groups excluding carboxylic acids is 1. The van der Waals surface area contributed by atoms with Crippen LogP contribution in [0, 0.1) is 0 Å². The molecule has 1 unspecified atom stereocenters. The second kappa shape index (κ2) is 6.91. The second-order valence-electron chi connectivity index (χ2n) is 5.01. The van der Waals surface area contributed by atoms with Gasteiger partial charge in [0.05, 0.1) is 25.2 Å². The fourth-order valence-corrected chi connectivity index (χ4v) is 3.88. The molecule has 0 radical (unpaired) electrons. The quantitative estimate of drug-likeness (QED) is 0.828. The lowest BCUT2D eigenvalue weighted by atomic mass is 10.2. The summed E-state index contributed by atoms with van der Waals surface area (Å²) in [6, 6.07) is 7.10. The van der Waals surface area contributed by atoms with Gasteiger partial charge in [0.15, 0.2) is 9.84 Å². The Morgan fingerprint density at radius 2 is 2.24 bits per heavy atom. The van der Waals surface area contributed by atoms with Crippen molar-refractivity contribution in [3.63, 3.8) is 0 Å². The molecule has 0 aromatic heterocycles. The SMILES string of the molecule is COc1cccc(COCC(=O)NC2CCS(=O)(=O)C2)c1. The predicted octanol–water partition coefficient (Wildman–Crippen LogP) is 0.515. The summed E-state index contributed by atoms with van der Waals surface area (Å²) >= 11 is 0. The van der Waals surface area contributed by atoms with Gasteiger partial charge < -0.3 is 14.8 Å². The summed E-state index contributed by atoms with van der Waals surface area (Å²) in [6.07, 6.45) is 0.476. The Morgan fingerprint density at radius 1 is 1.43 bits per heavy atom. The number of methoxy groups -OCH3 is 1. The van der Waals surface area contributed by atoms with Crippen LogP contribution in [0.25, 0.3) is 0 Å². The van der Waals surface area contributed by atoms with Gasteiger partial charge >= 0.3 is 0 Å². The van der Waals surface area contributed by atoms with Crippen LogP contribution in [0.5, 0.6) is 5.75 Å². The van der Waals surface area contributed by atoms with Crippen molar-refractivity contribution in [2.24, 2.45) is 0 Å². The Balaban J connectivity index is 1.72. The number of sulfone groups is 1. The van der Waals surface area contributed by atoms with E-state index in [1.807, 2.05) is 24.3 Å². The third kappa shape index (κ3) is 5.02. The van der Waals surface area contributed by atoms with Crippen molar-refractivity contribution in [3.8, 4) is 5.75 Å². The smallest absolute Gasteiger partial charge is 0.246 e. The van der Waals surface area contributed by atoms with Gasteiger partial charge in [0.1, 0.15) is 12.4 Å². The van der Waals surface area contributed by atoms with Gasteiger partial charge in [-0.1, -0.05) is 12.1 Å². The van der Waals surface area contributed by atoms with Crippen LogP contribution in [0.3, 0.4) is 0 Å². The van der Waals surface area contributed by atoms with E-state index in [0.717, 1.165) is 11.3 Å². The maximum Gasteiger partial charge on any atom is 0.246 e. The first kappa shape index (κ1) is 15.8. The van der Waals surface area contributed by atoms with E-state index in [1.165, 1.54) is 0 Å². The molecule has 1 amide bonds. The van der Waals surface area contributed by atoms with Crippen LogP contribution in [0.15, 0.2) is 24.3 Å². The highest BCUT2D eigenvalue weighted by atomic mass is 32.2. The molecule has 0 aliphatic carbocycles. The van der Waals surface area contributed by atoms with E-state index in [4.69, 9.17) is 9.47 Å². The summed E-state index contributed by atoms with van der Waals surface area (Å²) in [5.41, 5.74) is 0.908. The molecule has 1 aliphatic heterocycles. The van der Waals surface area contributed by atoms with E-state index < -0.39 is 9.84 Å². The molecule has 1 saturated heterocycles. The summed E-state index contributed by atoms with van der Waals surface area (Å²) in [7, 11) is -1.40. The third-order valence-electron chi connectivity index (χ3n) is 3.23. The molecule has 2 rings (SSSR count). The van der Waals surface area contributed by atoms with E-state index in [9.17, 15) is 13.2 Å². The van der Waals surface area contributed by atoms with Gasteiger partial charge in [0, 0.05) is 6.04 Å². The van der Waals surface area contributed by atoms with Crippen molar-refractivity contribution in [2.45, 2.75) is 19.1 Å². The Kier molecular flexibility index (Phi) is 5.19. The lowest BCUT2D eigenvalue weighted by Crippen LogP contribution is -2.37. The highest BCUT2D eigenvalue weighted by Crippen LogP contribution is 2.13. The van der Waals surface area contributed by atoms with Crippen LogP contribution >= 0.6 is 0 Å². The largest absolute Gasteiger partial charge is 0.497 e. The van der Waals surface area contributed by atoms with E-state index in [1.54, 1.807) is 7.11 Å². The standard InChI is InChI=1S/C14H19NO5S/c1-19-13-4-2-3-11(7-13)8-20-9-14(16)15-12-5-6-21(17,18)10-12/h2-4,7,12H,5-6,8-10H2,1H3,(H,15,16). The first-order valence-corrected chi connectivity index (χ1v) is 8.51. The number of hydrogen-bond acceptors (Lipinski definition) is 5. The van der Waals surface area contributed by atoms with Gasteiger partial charge in [-0.3, -0.25) is 4.79 Å². The van der Waals surface area contributed by atoms with Crippen LogP contribution in [-0.2, 0) is 26.0 Å². The zero-order valence-corrected chi connectivity index (χ0v) is 12.7. The van der Waals surface area contributed by atoms with Crippen LogP contribution in [0.4, 0.5) is 0 Å². The lowest BCUT2D eigenvalue weighted by molar-refractivity contribution is -0.126. The van der Waals surface area contributed by atoms with E-state index in [2.05, 4.69) is 5.32 Å². The number of nitrogens with one attached hydrogen (secondary N) is 1. The van der Waals surface area contributed by atoms with Gasteiger partial charge in [0.25, 0.3) is 0 Å². The Morgan fingerprint density at radius 3 is 2.90 bits per heavy atom. The molecule has 0 bridgehead atoms. The molecule has 0 spiro atoms. The molecule has 1 heterocycles. The third-order valence-corrected chi connectivity index (χ3v) is 5.00. The highest BCUT2D eigenvalue weighted by Gasteiger charge is 2.28. The maximum atomic E-state index is 11.7. The topological polar surface area (TPSA) is 81.7 Å². The lowest BCUT2D eigenvalue weighted by Gasteiger charge is -2.11. The molecular weight excluding hydrogens is 294 g/mol. The van der Waals surface area contributed by atoms with E-state index in [-0.39, 0.29) is 30.1 Å². The second-order valence-corrected chi connectivity index (χ2v) is 7.24.